The molecule has 0 amide bonds. The maximum atomic E-state index is 13.0. The van der Waals surface area contributed by atoms with Crippen molar-refractivity contribution in [3.05, 3.63) is 83.7 Å². The van der Waals surface area contributed by atoms with Crippen LogP contribution in [0, 0.1) is 0 Å². The highest BCUT2D eigenvalue weighted by Gasteiger charge is 2.30. The summed E-state index contributed by atoms with van der Waals surface area (Å²) in [5.41, 5.74) is 2.58. The molecule has 4 heterocycles. The smallest absolute Gasteiger partial charge is 0.416 e. The molecular weight excluding hydrogens is 541 g/mol. The summed E-state index contributed by atoms with van der Waals surface area (Å²) < 4.78 is 62.6. The van der Waals surface area contributed by atoms with Crippen molar-refractivity contribution < 1.29 is 32.1 Å². The molecule has 0 fully saturated rings. The van der Waals surface area contributed by atoms with Gasteiger partial charge >= 0.3 is 6.18 Å². The first-order valence-electron chi connectivity index (χ1n) is 12.6. The van der Waals surface area contributed by atoms with Crippen molar-refractivity contribution in [1.29, 1.82) is 0 Å². The predicted molar refractivity (Wildman–Crippen MR) is 142 cm³/mol. The summed E-state index contributed by atoms with van der Waals surface area (Å²) in [4.78, 5) is 13.9. The number of aromatic nitrogens is 4. The summed E-state index contributed by atoms with van der Waals surface area (Å²) in [7, 11) is 0. The summed E-state index contributed by atoms with van der Waals surface area (Å²) >= 11 is 0. The van der Waals surface area contributed by atoms with Crippen LogP contribution in [0.25, 0.3) is 11.2 Å². The predicted octanol–water partition coefficient (Wildman–Crippen LogP) is 5.71. The standard InChI is InChI=1S/C28H21F3N6O4/c29-28(30,31)18-4-1-16(2-5-18)12-37-13-33-24-25(34-19-6-8-21-23(10-19)41-15-39-21)35-27(36-26(24)37)32-11-17-3-7-20-22(9-17)40-14-38-20/h1-10,13H,11-12,14-15H2,(H2,32,34,35,36). The van der Waals surface area contributed by atoms with E-state index in [1.807, 2.05) is 24.3 Å². The summed E-state index contributed by atoms with van der Waals surface area (Å²) in [6, 6.07) is 16.1. The van der Waals surface area contributed by atoms with Crippen LogP contribution in [0.15, 0.2) is 67.0 Å². The van der Waals surface area contributed by atoms with Crippen molar-refractivity contribution in [3.63, 3.8) is 0 Å². The van der Waals surface area contributed by atoms with Crippen molar-refractivity contribution >= 4 is 28.6 Å². The summed E-state index contributed by atoms with van der Waals surface area (Å²) in [6.07, 6.45) is -2.81. The second-order valence-electron chi connectivity index (χ2n) is 9.37. The van der Waals surface area contributed by atoms with E-state index in [1.165, 1.54) is 12.1 Å². The quantitative estimate of drug-likeness (QED) is 0.258. The lowest BCUT2D eigenvalue weighted by molar-refractivity contribution is -0.137. The monoisotopic (exact) mass is 562 g/mol. The maximum Gasteiger partial charge on any atom is 0.416 e. The molecule has 2 aliphatic heterocycles. The van der Waals surface area contributed by atoms with E-state index in [1.54, 1.807) is 23.0 Å². The van der Waals surface area contributed by atoms with Gasteiger partial charge < -0.3 is 34.1 Å². The van der Waals surface area contributed by atoms with Crippen molar-refractivity contribution in [2.24, 2.45) is 0 Å². The van der Waals surface area contributed by atoms with E-state index in [4.69, 9.17) is 23.9 Å². The topological polar surface area (TPSA) is 105 Å². The number of imidazole rings is 1. The largest absolute Gasteiger partial charge is 0.454 e. The SMILES string of the molecule is FC(F)(F)c1ccc(Cn2cnc3c(Nc4ccc5c(c4)OCO5)nc(NCc4ccc5c(c4)OCO5)nc32)cc1. The van der Waals surface area contributed by atoms with Gasteiger partial charge in [0.25, 0.3) is 0 Å². The van der Waals surface area contributed by atoms with Gasteiger partial charge in [-0.3, -0.25) is 0 Å². The van der Waals surface area contributed by atoms with Crippen molar-refractivity contribution in [3.8, 4) is 23.0 Å². The third-order valence-corrected chi connectivity index (χ3v) is 6.62. The average molecular weight is 563 g/mol. The van der Waals surface area contributed by atoms with E-state index in [9.17, 15) is 13.2 Å². The van der Waals surface area contributed by atoms with Gasteiger partial charge in [-0.1, -0.05) is 18.2 Å². The zero-order valence-corrected chi connectivity index (χ0v) is 21.2. The molecule has 3 aromatic carbocycles. The van der Waals surface area contributed by atoms with Crippen LogP contribution in [0.5, 0.6) is 23.0 Å². The molecule has 0 saturated heterocycles. The number of ether oxygens (including phenoxy) is 4. The van der Waals surface area contributed by atoms with E-state index in [-0.39, 0.29) is 20.1 Å². The first kappa shape index (κ1) is 24.8. The number of rotatable bonds is 7. The summed E-state index contributed by atoms with van der Waals surface area (Å²) in [6.45, 7) is 0.998. The fourth-order valence-electron chi connectivity index (χ4n) is 4.57. The van der Waals surface area contributed by atoms with E-state index >= 15 is 0 Å². The Morgan fingerprint density at radius 2 is 1.46 bits per heavy atom. The Morgan fingerprint density at radius 3 is 2.22 bits per heavy atom. The lowest BCUT2D eigenvalue weighted by Crippen LogP contribution is -2.08. The number of hydrogen-bond acceptors (Lipinski definition) is 9. The summed E-state index contributed by atoms with van der Waals surface area (Å²) in [5.74, 6) is 3.37. The third kappa shape index (κ3) is 4.97. The lowest BCUT2D eigenvalue weighted by atomic mass is 10.1. The first-order valence-corrected chi connectivity index (χ1v) is 12.6. The molecule has 41 heavy (non-hydrogen) atoms. The molecule has 0 atom stereocenters. The molecule has 208 valence electrons. The first-order chi connectivity index (χ1) is 19.9. The number of hydrogen-bond donors (Lipinski definition) is 2. The molecule has 7 rings (SSSR count). The third-order valence-electron chi connectivity index (χ3n) is 6.62. The minimum Gasteiger partial charge on any atom is -0.454 e. The van der Waals surface area contributed by atoms with Gasteiger partial charge in [-0.25, -0.2) is 4.98 Å². The van der Waals surface area contributed by atoms with Gasteiger partial charge in [-0.05, 0) is 47.5 Å². The normalized spacial score (nSPS) is 13.5. The van der Waals surface area contributed by atoms with E-state index in [0.717, 1.165) is 17.7 Å². The maximum absolute atomic E-state index is 13.0. The fraction of sp³-hybridized carbons (Fsp3) is 0.179. The lowest BCUT2D eigenvalue weighted by Gasteiger charge is -2.12. The van der Waals surface area contributed by atoms with Crippen molar-refractivity contribution in [1.82, 2.24) is 19.5 Å². The van der Waals surface area contributed by atoms with E-state index < -0.39 is 11.7 Å². The minimum atomic E-state index is -4.40. The number of fused-ring (bicyclic) bond motifs is 3. The Kier molecular flexibility index (Phi) is 5.91. The van der Waals surface area contributed by atoms with Crippen LogP contribution in [0.1, 0.15) is 16.7 Å². The number of halogens is 3. The molecule has 0 aliphatic carbocycles. The molecule has 13 heteroatoms. The molecule has 5 aromatic rings. The van der Waals surface area contributed by atoms with Crippen LogP contribution in [-0.4, -0.2) is 33.1 Å². The molecule has 0 radical (unpaired) electrons. The highest BCUT2D eigenvalue weighted by Crippen LogP contribution is 2.36. The Hall–Kier alpha value is -5.20. The number of alkyl halides is 3. The average Bonchev–Trinajstić information content (AvgIpc) is 3.71. The molecule has 0 saturated carbocycles. The second kappa shape index (κ2) is 9.77. The molecular formula is C28H21F3N6O4. The van der Waals surface area contributed by atoms with E-state index in [2.05, 4.69) is 20.6 Å². The molecule has 2 N–H and O–H groups in total. The van der Waals surface area contributed by atoms with Gasteiger partial charge in [0.1, 0.15) is 0 Å². The van der Waals surface area contributed by atoms with Crippen molar-refractivity contribution in [2.75, 3.05) is 24.2 Å². The fourth-order valence-corrected chi connectivity index (χ4v) is 4.57. The van der Waals surface area contributed by atoms with Crippen molar-refractivity contribution in [2.45, 2.75) is 19.3 Å². The molecule has 0 bridgehead atoms. The van der Waals surface area contributed by atoms with Gasteiger partial charge in [0.2, 0.25) is 19.5 Å². The Balaban J connectivity index is 1.21. The number of nitrogens with one attached hydrogen (secondary N) is 2. The highest BCUT2D eigenvalue weighted by molar-refractivity contribution is 5.87. The molecule has 0 spiro atoms. The molecule has 0 unspecified atom stereocenters. The van der Waals surface area contributed by atoms with Crippen LogP contribution in [0.2, 0.25) is 0 Å². The number of anilines is 3. The second-order valence-corrected chi connectivity index (χ2v) is 9.37. The van der Waals surface area contributed by atoms with Gasteiger partial charge in [0.05, 0.1) is 18.4 Å². The molecule has 10 nitrogen and oxygen atoms in total. The van der Waals surface area contributed by atoms with Crippen LogP contribution in [0.4, 0.5) is 30.6 Å². The van der Waals surface area contributed by atoms with Crippen LogP contribution in [-0.2, 0) is 19.3 Å². The molecule has 2 aromatic heterocycles. The van der Waals surface area contributed by atoms with Gasteiger partial charge in [-0.2, -0.15) is 23.1 Å². The van der Waals surface area contributed by atoms with E-state index in [0.29, 0.717) is 63.7 Å². The Morgan fingerprint density at radius 1 is 0.780 bits per heavy atom. The minimum absolute atomic E-state index is 0.152. The van der Waals surface area contributed by atoms with Crippen LogP contribution in [0.3, 0.4) is 0 Å². The van der Waals surface area contributed by atoms with Gasteiger partial charge in [0.15, 0.2) is 40.0 Å². The highest BCUT2D eigenvalue weighted by atomic mass is 19.4. The van der Waals surface area contributed by atoms with Gasteiger partial charge in [-0.15, -0.1) is 0 Å². The zero-order valence-electron chi connectivity index (χ0n) is 21.2. The number of nitrogens with zero attached hydrogens (tertiary/aromatic N) is 4. The molecule has 2 aliphatic rings. The zero-order chi connectivity index (χ0) is 28.0. The van der Waals surface area contributed by atoms with Crippen LogP contribution >= 0.6 is 0 Å². The Bertz CT molecular complexity index is 1760. The Labute approximate surface area is 230 Å². The van der Waals surface area contributed by atoms with Crippen LogP contribution < -0.4 is 29.6 Å². The summed E-state index contributed by atoms with van der Waals surface area (Å²) in [5, 5.41) is 6.53. The van der Waals surface area contributed by atoms with Gasteiger partial charge in [0, 0.05) is 18.3 Å². The number of benzene rings is 3.